The van der Waals surface area contributed by atoms with Gasteiger partial charge >= 0.3 is 0 Å². The molecule has 108 valence electrons. The van der Waals surface area contributed by atoms with Crippen molar-refractivity contribution in [2.75, 3.05) is 13.1 Å². The number of carbonyl (C=O) groups excluding carboxylic acids is 1. The number of hydrogen-bond donors (Lipinski definition) is 2. The highest BCUT2D eigenvalue weighted by Crippen LogP contribution is 2.07. The first kappa shape index (κ1) is 16.1. The zero-order valence-electron chi connectivity index (χ0n) is 11.1. The van der Waals surface area contributed by atoms with Gasteiger partial charge in [-0.2, -0.15) is 5.26 Å². The molecule has 1 amide bonds. The van der Waals surface area contributed by atoms with Crippen molar-refractivity contribution in [2.24, 2.45) is 0 Å². The van der Waals surface area contributed by atoms with Crippen LogP contribution >= 0.6 is 0 Å². The normalized spacial score (nSPS) is 10.8. The Morgan fingerprint density at radius 1 is 1.40 bits per heavy atom. The first-order valence-electron chi connectivity index (χ1n) is 6.12. The van der Waals surface area contributed by atoms with Crippen molar-refractivity contribution in [3.63, 3.8) is 0 Å². The van der Waals surface area contributed by atoms with Crippen molar-refractivity contribution < 1.29 is 13.2 Å². The molecular formula is C12H16N4O3S. The van der Waals surface area contributed by atoms with E-state index in [2.05, 4.69) is 15.0 Å². The van der Waals surface area contributed by atoms with E-state index in [1.165, 1.54) is 12.1 Å². The van der Waals surface area contributed by atoms with Gasteiger partial charge in [0.25, 0.3) is 0 Å². The molecule has 1 aromatic rings. The molecule has 0 radical (unpaired) electrons. The maximum absolute atomic E-state index is 11.9. The van der Waals surface area contributed by atoms with Crippen LogP contribution in [0.1, 0.15) is 25.5 Å². The van der Waals surface area contributed by atoms with Crippen molar-refractivity contribution in [1.82, 2.24) is 15.0 Å². The molecule has 0 unspecified atom stereocenters. The molecule has 0 saturated carbocycles. The summed E-state index contributed by atoms with van der Waals surface area (Å²) in [5, 5.41) is 11.2. The number of pyridine rings is 1. The van der Waals surface area contributed by atoms with Gasteiger partial charge in [-0.15, -0.1) is 0 Å². The molecule has 1 heterocycles. The van der Waals surface area contributed by atoms with Gasteiger partial charge in [0, 0.05) is 25.7 Å². The largest absolute Gasteiger partial charge is 0.356 e. The van der Waals surface area contributed by atoms with Gasteiger partial charge in [-0.1, -0.05) is 6.92 Å². The van der Waals surface area contributed by atoms with E-state index in [0.29, 0.717) is 6.54 Å². The third-order valence-electron chi connectivity index (χ3n) is 2.38. The number of rotatable bonds is 7. The molecule has 0 aliphatic heterocycles. The maximum Gasteiger partial charge on any atom is 0.242 e. The molecule has 0 saturated heterocycles. The summed E-state index contributed by atoms with van der Waals surface area (Å²) in [5.41, 5.74) is 0.142. The predicted octanol–water partition coefficient (Wildman–Crippen LogP) is 0.148. The van der Waals surface area contributed by atoms with Gasteiger partial charge in [-0.05, 0) is 18.6 Å². The molecule has 0 aliphatic carbocycles. The minimum Gasteiger partial charge on any atom is -0.356 e. The Bertz CT molecular complexity index is 590. The zero-order valence-corrected chi connectivity index (χ0v) is 11.9. The van der Waals surface area contributed by atoms with Crippen LogP contribution in [-0.2, 0) is 14.8 Å². The minimum atomic E-state index is -3.70. The summed E-state index contributed by atoms with van der Waals surface area (Å²) < 4.78 is 26.0. The highest BCUT2D eigenvalue weighted by Gasteiger charge is 2.14. The first-order chi connectivity index (χ1) is 9.49. The molecule has 0 bridgehead atoms. The van der Waals surface area contributed by atoms with Crippen LogP contribution in [0.2, 0.25) is 0 Å². The van der Waals surface area contributed by atoms with E-state index in [9.17, 15) is 13.2 Å². The first-order valence-corrected chi connectivity index (χ1v) is 7.60. The lowest BCUT2D eigenvalue weighted by Gasteiger charge is -2.06. The summed E-state index contributed by atoms with van der Waals surface area (Å²) in [6.45, 7) is 2.52. The average Bonchev–Trinajstić information content (AvgIpc) is 2.45. The fourth-order valence-corrected chi connectivity index (χ4v) is 2.32. The van der Waals surface area contributed by atoms with Crippen LogP contribution in [0.4, 0.5) is 0 Å². The van der Waals surface area contributed by atoms with Gasteiger partial charge in [0.2, 0.25) is 15.9 Å². The number of carbonyl (C=O) groups is 1. The Labute approximate surface area is 118 Å². The lowest BCUT2D eigenvalue weighted by molar-refractivity contribution is -0.120. The van der Waals surface area contributed by atoms with Gasteiger partial charge < -0.3 is 5.32 Å². The van der Waals surface area contributed by atoms with E-state index in [0.717, 1.165) is 12.6 Å². The quantitative estimate of drug-likeness (QED) is 0.743. The fraction of sp³-hybridized carbons (Fsp3) is 0.417. The van der Waals surface area contributed by atoms with Crippen molar-refractivity contribution in [1.29, 1.82) is 5.26 Å². The van der Waals surface area contributed by atoms with Gasteiger partial charge in [-0.3, -0.25) is 4.79 Å². The summed E-state index contributed by atoms with van der Waals surface area (Å²) in [5.74, 6) is -0.201. The SMILES string of the molecule is CCCNC(=O)CCNS(=O)(=O)c1ccc(C#N)nc1. The monoisotopic (exact) mass is 296 g/mol. The van der Waals surface area contributed by atoms with Crippen molar-refractivity contribution in [2.45, 2.75) is 24.7 Å². The summed E-state index contributed by atoms with van der Waals surface area (Å²) in [6.07, 6.45) is 2.01. The second-order valence-electron chi connectivity index (χ2n) is 3.99. The number of aromatic nitrogens is 1. The summed E-state index contributed by atoms with van der Waals surface area (Å²) in [6, 6.07) is 4.42. The lowest BCUT2D eigenvalue weighted by atomic mass is 10.4. The van der Waals surface area contributed by atoms with Crippen LogP contribution < -0.4 is 10.0 Å². The van der Waals surface area contributed by atoms with Crippen LogP contribution in [0.25, 0.3) is 0 Å². The molecule has 0 fully saturated rings. The van der Waals surface area contributed by atoms with E-state index in [1.807, 2.05) is 6.92 Å². The second kappa shape index (κ2) is 7.57. The highest BCUT2D eigenvalue weighted by molar-refractivity contribution is 7.89. The van der Waals surface area contributed by atoms with E-state index < -0.39 is 10.0 Å². The van der Waals surface area contributed by atoms with Crippen LogP contribution in [0, 0.1) is 11.3 Å². The number of amides is 1. The number of nitrogens with one attached hydrogen (secondary N) is 2. The summed E-state index contributed by atoms with van der Waals surface area (Å²) >= 11 is 0. The highest BCUT2D eigenvalue weighted by atomic mass is 32.2. The molecule has 8 heteroatoms. The van der Waals surface area contributed by atoms with Gasteiger partial charge in [0.15, 0.2) is 0 Å². The van der Waals surface area contributed by atoms with Crippen LogP contribution in [0.3, 0.4) is 0 Å². The Hall–Kier alpha value is -1.98. The van der Waals surface area contributed by atoms with Crippen LogP contribution in [0.15, 0.2) is 23.2 Å². The number of nitriles is 1. The number of sulfonamides is 1. The third kappa shape index (κ3) is 4.95. The second-order valence-corrected chi connectivity index (χ2v) is 5.76. The average molecular weight is 296 g/mol. The third-order valence-corrected chi connectivity index (χ3v) is 3.82. The molecule has 0 spiro atoms. The molecule has 20 heavy (non-hydrogen) atoms. The van der Waals surface area contributed by atoms with Gasteiger partial charge in [0.1, 0.15) is 16.7 Å². The van der Waals surface area contributed by atoms with E-state index in [4.69, 9.17) is 5.26 Å². The van der Waals surface area contributed by atoms with Crippen LogP contribution in [-0.4, -0.2) is 32.4 Å². The van der Waals surface area contributed by atoms with Crippen molar-refractivity contribution in [3.05, 3.63) is 24.0 Å². The predicted molar refractivity (Wildman–Crippen MR) is 72.1 cm³/mol. The molecule has 2 N–H and O–H groups in total. The topological polar surface area (TPSA) is 112 Å². The molecule has 1 rings (SSSR count). The maximum atomic E-state index is 11.9. The molecular weight excluding hydrogens is 280 g/mol. The molecule has 0 aliphatic rings. The minimum absolute atomic E-state index is 0.0118. The van der Waals surface area contributed by atoms with E-state index >= 15 is 0 Å². The van der Waals surface area contributed by atoms with Gasteiger partial charge in [-0.25, -0.2) is 18.1 Å². The molecule has 0 atom stereocenters. The van der Waals surface area contributed by atoms with Crippen LogP contribution in [0.5, 0.6) is 0 Å². The van der Waals surface area contributed by atoms with Crippen molar-refractivity contribution in [3.8, 4) is 6.07 Å². The van der Waals surface area contributed by atoms with Gasteiger partial charge in [0.05, 0.1) is 0 Å². The summed E-state index contributed by atoms with van der Waals surface area (Å²) in [4.78, 5) is 15.0. The lowest BCUT2D eigenvalue weighted by Crippen LogP contribution is -2.31. The fourth-order valence-electron chi connectivity index (χ4n) is 1.34. The molecule has 0 aromatic carbocycles. The van der Waals surface area contributed by atoms with E-state index in [1.54, 1.807) is 6.07 Å². The zero-order chi connectivity index (χ0) is 15.0. The Kier molecular flexibility index (Phi) is 6.09. The molecule has 1 aromatic heterocycles. The standard InChI is InChI=1S/C12H16N4O3S/c1-2-6-14-12(17)5-7-16-20(18,19)11-4-3-10(8-13)15-9-11/h3-4,9,16H,2,5-7H2,1H3,(H,14,17). The Morgan fingerprint density at radius 3 is 2.70 bits per heavy atom. The number of nitrogens with zero attached hydrogens (tertiary/aromatic N) is 2. The molecule has 7 nitrogen and oxygen atoms in total. The smallest absolute Gasteiger partial charge is 0.242 e. The Morgan fingerprint density at radius 2 is 2.15 bits per heavy atom. The Balaban J connectivity index is 2.53. The summed E-state index contributed by atoms with van der Waals surface area (Å²) in [7, 11) is -3.70. The van der Waals surface area contributed by atoms with E-state index in [-0.39, 0.29) is 29.5 Å². The van der Waals surface area contributed by atoms with Crippen molar-refractivity contribution >= 4 is 15.9 Å². The number of hydrogen-bond acceptors (Lipinski definition) is 5.